The largest absolute Gasteiger partial charge is 0.304 e. The number of Topliss-reactive ketones (excluding diaryl/α,β-unsaturated/α-hetero) is 1. The van der Waals surface area contributed by atoms with Gasteiger partial charge in [-0.25, -0.2) is 13.9 Å². The summed E-state index contributed by atoms with van der Waals surface area (Å²) in [6.07, 6.45) is 3.01. The van der Waals surface area contributed by atoms with E-state index in [1.807, 2.05) is 0 Å². The van der Waals surface area contributed by atoms with Crippen molar-refractivity contribution in [2.24, 2.45) is 11.5 Å². The molecule has 3 aromatic heterocycles. The number of rotatable bonds is 3. The predicted octanol–water partition coefficient (Wildman–Crippen LogP) is 1.74. The lowest BCUT2D eigenvalue weighted by molar-refractivity contribution is 0.101. The maximum atomic E-state index is 14.7. The van der Waals surface area contributed by atoms with Crippen LogP contribution < -0.4 is 11.5 Å². The summed E-state index contributed by atoms with van der Waals surface area (Å²) >= 11 is 0. The maximum absolute atomic E-state index is 14.7. The number of carbonyl (C=O) groups is 1. The normalized spacial score (nSPS) is 12.0. The summed E-state index contributed by atoms with van der Waals surface area (Å²) in [5, 5.41) is 4.93. The Balaban J connectivity index is 1.94. The van der Waals surface area contributed by atoms with Crippen molar-refractivity contribution in [2.75, 3.05) is 0 Å². The van der Waals surface area contributed by atoms with E-state index in [9.17, 15) is 9.18 Å². The van der Waals surface area contributed by atoms with Gasteiger partial charge in [0.1, 0.15) is 22.9 Å². The van der Waals surface area contributed by atoms with Crippen molar-refractivity contribution in [3.05, 3.63) is 71.6 Å². The molecule has 4 aromatic rings. The zero-order chi connectivity index (χ0) is 18.5. The predicted molar refractivity (Wildman–Crippen MR) is 93.8 cm³/mol. The van der Waals surface area contributed by atoms with Crippen molar-refractivity contribution >= 4 is 22.3 Å². The molecular formula is C18H15FN6O. The van der Waals surface area contributed by atoms with Crippen LogP contribution in [0, 0.1) is 5.82 Å². The van der Waals surface area contributed by atoms with Gasteiger partial charge < -0.3 is 11.5 Å². The Labute approximate surface area is 147 Å². The van der Waals surface area contributed by atoms with Crippen molar-refractivity contribution in [3.63, 3.8) is 0 Å². The summed E-state index contributed by atoms with van der Waals surface area (Å²) in [4.78, 5) is 19.9. The number of carbonyl (C=O) groups excluding carboxylic acids is 1. The molecule has 0 spiro atoms. The van der Waals surface area contributed by atoms with Crippen LogP contribution in [0.3, 0.4) is 0 Å². The molecule has 0 aliphatic heterocycles. The molecule has 0 aliphatic rings. The molecule has 0 unspecified atom stereocenters. The Bertz CT molecular complexity index is 1170. The van der Waals surface area contributed by atoms with E-state index in [-0.39, 0.29) is 22.7 Å². The average Bonchev–Trinajstić information content (AvgIpc) is 3.04. The topological polar surface area (TPSA) is 112 Å². The van der Waals surface area contributed by atoms with Gasteiger partial charge in [-0.1, -0.05) is 6.07 Å². The minimum atomic E-state index is -1.71. The monoisotopic (exact) mass is 350 g/mol. The summed E-state index contributed by atoms with van der Waals surface area (Å²) in [5.41, 5.74) is 12.5. The number of halogens is 1. The summed E-state index contributed by atoms with van der Waals surface area (Å²) in [6, 6.07) is 9.58. The van der Waals surface area contributed by atoms with E-state index in [0.717, 1.165) is 0 Å². The first kappa shape index (κ1) is 16.2. The molecule has 0 saturated carbocycles. The minimum Gasteiger partial charge on any atom is -0.304 e. The first-order chi connectivity index (χ1) is 12.4. The molecular weight excluding hydrogens is 335 g/mol. The summed E-state index contributed by atoms with van der Waals surface area (Å²) in [5.74, 6) is -0.798. The number of fused-ring (bicyclic) bond motifs is 2. The Morgan fingerprint density at radius 2 is 2.00 bits per heavy atom. The number of aromatic nitrogens is 4. The zero-order valence-electron chi connectivity index (χ0n) is 13.8. The molecule has 8 heteroatoms. The lowest BCUT2D eigenvalue weighted by atomic mass is 9.96. The van der Waals surface area contributed by atoms with Crippen LogP contribution in [0.5, 0.6) is 0 Å². The third-order valence-electron chi connectivity index (χ3n) is 4.28. The molecule has 1 aromatic carbocycles. The molecule has 0 radical (unpaired) electrons. The van der Waals surface area contributed by atoms with Crippen molar-refractivity contribution in [1.29, 1.82) is 0 Å². The van der Waals surface area contributed by atoms with Crippen LogP contribution in [0.4, 0.5) is 4.39 Å². The molecule has 0 fully saturated rings. The Kier molecular flexibility index (Phi) is 3.53. The Hall–Kier alpha value is -3.23. The molecule has 4 rings (SSSR count). The molecule has 130 valence electrons. The van der Waals surface area contributed by atoms with E-state index < -0.39 is 11.5 Å². The van der Waals surface area contributed by atoms with E-state index in [1.165, 1.54) is 23.7 Å². The van der Waals surface area contributed by atoms with Gasteiger partial charge in [0, 0.05) is 30.1 Å². The SMILES string of the molecule is CC(=O)c1ccc2ncc(C(N)(N)c3cc4cccnc4cc3F)n2n1. The fraction of sp³-hybridized carbons (Fsp3) is 0.111. The van der Waals surface area contributed by atoms with Crippen LogP contribution >= 0.6 is 0 Å². The number of benzene rings is 1. The molecule has 7 nitrogen and oxygen atoms in total. The van der Waals surface area contributed by atoms with Gasteiger partial charge in [0.2, 0.25) is 0 Å². The number of hydrogen-bond donors (Lipinski definition) is 2. The first-order valence-corrected chi connectivity index (χ1v) is 7.86. The molecule has 0 saturated heterocycles. The number of ketones is 1. The zero-order valence-corrected chi connectivity index (χ0v) is 13.8. The van der Waals surface area contributed by atoms with Crippen LogP contribution in [0.15, 0.2) is 48.8 Å². The Morgan fingerprint density at radius 1 is 1.19 bits per heavy atom. The number of imidazole rings is 1. The van der Waals surface area contributed by atoms with Crippen LogP contribution in [-0.4, -0.2) is 25.4 Å². The van der Waals surface area contributed by atoms with Crippen LogP contribution in [0.2, 0.25) is 0 Å². The van der Waals surface area contributed by atoms with Gasteiger partial charge >= 0.3 is 0 Å². The van der Waals surface area contributed by atoms with Crippen molar-refractivity contribution in [2.45, 2.75) is 12.6 Å². The quantitative estimate of drug-likeness (QED) is 0.430. The van der Waals surface area contributed by atoms with Gasteiger partial charge in [-0.05, 0) is 24.3 Å². The van der Waals surface area contributed by atoms with Gasteiger partial charge in [0.05, 0.1) is 11.7 Å². The molecule has 0 bridgehead atoms. The lowest BCUT2D eigenvalue weighted by Crippen LogP contribution is -2.49. The van der Waals surface area contributed by atoms with Gasteiger partial charge in [-0.2, -0.15) is 5.10 Å². The molecule has 4 N–H and O–H groups in total. The molecule has 26 heavy (non-hydrogen) atoms. The van der Waals surface area contributed by atoms with Crippen LogP contribution in [0.1, 0.15) is 28.7 Å². The Morgan fingerprint density at radius 3 is 2.77 bits per heavy atom. The van der Waals surface area contributed by atoms with Crippen molar-refractivity contribution in [3.8, 4) is 0 Å². The maximum Gasteiger partial charge on any atom is 0.179 e. The third-order valence-corrected chi connectivity index (χ3v) is 4.28. The highest BCUT2D eigenvalue weighted by molar-refractivity contribution is 5.92. The van der Waals surface area contributed by atoms with Crippen molar-refractivity contribution in [1.82, 2.24) is 19.6 Å². The smallest absolute Gasteiger partial charge is 0.179 e. The fourth-order valence-corrected chi connectivity index (χ4v) is 2.89. The third kappa shape index (κ3) is 2.43. The fourth-order valence-electron chi connectivity index (χ4n) is 2.89. The number of nitrogens with zero attached hydrogens (tertiary/aromatic N) is 4. The minimum absolute atomic E-state index is 0.0785. The van der Waals surface area contributed by atoms with Crippen LogP contribution in [0.25, 0.3) is 16.6 Å². The lowest BCUT2D eigenvalue weighted by Gasteiger charge is -2.25. The molecule has 0 aliphatic carbocycles. The van der Waals surface area contributed by atoms with Crippen LogP contribution in [-0.2, 0) is 5.66 Å². The second-order valence-corrected chi connectivity index (χ2v) is 6.09. The average molecular weight is 350 g/mol. The van der Waals surface area contributed by atoms with Gasteiger partial charge in [-0.3, -0.25) is 9.78 Å². The van der Waals surface area contributed by atoms with Gasteiger partial charge in [-0.15, -0.1) is 0 Å². The summed E-state index contributed by atoms with van der Waals surface area (Å²) < 4.78 is 16.1. The van der Waals surface area contributed by atoms with Gasteiger partial charge in [0.15, 0.2) is 11.4 Å². The number of pyridine rings is 1. The highest BCUT2D eigenvalue weighted by Gasteiger charge is 2.32. The van der Waals surface area contributed by atoms with E-state index in [0.29, 0.717) is 16.6 Å². The summed E-state index contributed by atoms with van der Waals surface area (Å²) in [7, 11) is 0. The standard InChI is InChI=1S/C18H15FN6O/c1-10(26)14-4-5-17-23-9-16(25(17)24-14)18(20,21)12-7-11-3-2-6-22-15(11)8-13(12)19/h2-9H,20-21H2,1H3. The second kappa shape index (κ2) is 5.65. The van der Waals surface area contributed by atoms with E-state index in [1.54, 1.807) is 36.5 Å². The van der Waals surface area contributed by atoms with E-state index >= 15 is 0 Å². The highest BCUT2D eigenvalue weighted by Crippen LogP contribution is 2.28. The second-order valence-electron chi connectivity index (χ2n) is 6.09. The number of hydrogen-bond acceptors (Lipinski definition) is 6. The molecule has 0 atom stereocenters. The van der Waals surface area contributed by atoms with Gasteiger partial charge in [0.25, 0.3) is 0 Å². The summed E-state index contributed by atoms with van der Waals surface area (Å²) in [6.45, 7) is 1.40. The van der Waals surface area contributed by atoms with E-state index in [4.69, 9.17) is 11.5 Å². The molecule has 3 heterocycles. The number of nitrogens with two attached hydrogens (primary N) is 2. The first-order valence-electron chi connectivity index (χ1n) is 7.86. The van der Waals surface area contributed by atoms with Crippen molar-refractivity contribution < 1.29 is 9.18 Å². The molecule has 0 amide bonds. The van der Waals surface area contributed by atoms with E-state index in [2.05, 4.69) is 15.1 Å². The highest BCUT2D eigenvalue weighted by atomic mass is 19.1.